The fourth-order valence-corrected chi connectivity index (χ4v) is 3.43. The maximum atomic E-state index is 12.2. The van der Waals surface area contributed by atoms with Gasteiger partial charge in [-0.05, 0) is 26.0 Å². The Morgan fingerprint density at radius 3 is 1.57 bits per heavy atom. The van der Waals surface area contributed by atoms with Gasteiger partial charge in [-0.2, -0.15) is 10.2 Å². The lowest BCUT2D eigenvalue weighted by Crippen LogP contribution is -2.33. The molecule has 0 aliphatic rings. The highest BCUT2D eigenvalue weighted by molar-refractivity contribution is 8.01. The van der Waals surface area contributed by atoms with Gasteiger partial charge in [0.05, 0.1) is 32.8 Å². The monoisotopic (exact) mass is 504 g/mol. The second-order valence-corrected chi connectivity index (χ2v) is 8.58. The fraction of sp³-hybridized carbons (Fsp3) is 0.200. The number of benzene rings is 2. The average molecular weight is 504 g/mol. The molecule has 2 aromatic carbocycles. The Morgan fingerprint density at radius 1 is 0.857 bits per heavy atom. The number of aromatic hydroxyl groups is 2. The minimum Gasteiger partial charge on any atom is -0.507 e. The van der Waals surface area contributed by atoms with Gasteiger partial charge in [0.15, 0.2) is 0 Å². The maximum Gasteiger partial charge on any atom is 0.270 e. The third-order valence-electron chi connectivity index (χ3n) is 4.35. The van der Waals surface area contributed by atoms with Gasteiger partial charge in [0.25, 0.3) is 23.2 Å². The predicted molar refractivity (Wildman–Crippen MR) is 128 cm³/mol. The largest absolute Gasteiger partial charge is 0.507 e. The van der Waals surface area contributed by atoms with Crippen molar-refractivity contribution < 1.29 is 29.6 Å². The van der Waals surface area contributed by atoms with E-state index in [9.17, 15) is 40.0 Å². The number of rotatable bonds is 10. The number of nitro benzene ring substituents is 2. The molecule has 0 spiro atoms. The highest BCUT2D eigenvalue weighted by Crippen LogP contribution is 2.22. The van der Waals surface area contributed by atoms with Crippen molar-refractivity contribution in [1.29, 1.82) is 0 Å². The van der Waals surface area contributed by atoms with Crippen LogP contribution in [0.5, 0.6) is 11.5 Å². The van der Waals surface area contributed by atoms with Crippen LogP contribution in [0.1, 0.15) is 25.0 Å². The van der Waals surface area contributed by atoms with Crippen LogP contribution >= 0.6 is 11.8 Å². The van der Waals surface area contributed by atoms with Gasteiger partial charge in [-0.1, -0.05) is 0 Å². The Morgan fingerprint density at radius 2 is 1.23 bits per heavy atom. The van der Waals surface area contributed by atoms with E-state index in [-0.39, 0.29) is 34.0 Å². The van der Waals surface area contributed by atoms with Crippen LogP contribution in [0.15, 0.2) is 46.6 Å². The zero-order valence-electron chi connectivity index (χ0n) is 18.3. The first-order chi connectivity index (χ1) is 16.5. The third-order valence-corrected chi connectivity index (χ3v) is 5.59. The number of hydrogen-bond acceptors (Lipinski definition) is 11. The highest BCUT2D eigenvalue weighted by Gasteiger charge is 2.21. The molecule has 2 amide bonds. The summed E-state index contributed by atoms with van der Waals surface area (Å²) in [6.07, 6.45) is 2.09. The third kappa shape index (κ3) is 7.78. The molecule has 15 heteroatoms. The lowest BCUT2D eigenvalue weighted by atomic mass is 10.2. The SMILES string of the molecule is CC(SC(C)C(=O)NN=Cc1cc([N+](=O)[O-])ccc1O)C(=O)NN=Cc1cc([N+](=O)[O-])ccc1O. The number of nitrogens with zero attached hydrogens (tertiary/aromatic N) is 4. The Kier molecular flexibility index (Phi) is 9.22. The second kappa shape index (κ2) is 12.1. The van der Waals surface area contributed by atoms with E-state index < -0.39 is 32.2 Å². The summed E-state index contributed by atoms with van der Waals surface area (Å²) in [7, 11) is 0. The number of carbonyl (C=O) groups excluding carboxylic acids is 2. The summed E-state index contributed by atoms with van der Waals surface area (Å²) in [6.45, 7) is 3.04. The number of carbonyl (C=O) groups is 2. The van der Waals surface area contributed by atoms with Crippen molar-refractivity contribution >= 4 is 47.4 Å². The Labute approximate surface area is 202 Å². The number of phenols is 2. The molecule has 0 fully saturated rings. The van der Waals surface area contributed by atoms with E-state index >= 15 is 0 Å². The summed E-state index contributed by atoms with van der Waals surface area (Å²) in [5.41, 5.74) is 3.98. The smallest absolute Gasteiger partial charge is 0.270 e. The first-order valence-electron chi connectivity index (χ1n) is 9.75. The number of nitro groups is 2. The van der Waals surface area contributed by atoms with Gasteiger partial charge in [0, 0.05) is 35.4 Å². The lowest BCUT2D eigenvalue weighted by Gasteiger charge is -2.14. The number of phenolic OH excluding ortho intramolecular Hbond substituents is 2. The molecule has 0 saturated heterocycles. The molecule has 0 radical (unpaired) electrons. The molecule has 0 heterocycles. The van der Waals surface area contributed by atoms with Crippen molar-refractivity contribution in [3.8, 4) is 11.5 Å². The van der Waals surface area contributed by atoms with E-state index in [1.807, 2.05) is 0 Å². The van der Waals surface area contributed by atoms with E-state index in [2.05, 4.69) is 21.1 Å². The average Bonchev–Trinajstić information content (AvgIpc) is 2.80. The van der Waals surface area contributed by atoms with Crippen LogP contribution in [0.2, 0.25) is 0 Å². The summed E-state index contributed by atoms with van der Waals surface area (Å²) in [6, 6.07) is 6.67. The molecule has 2 rings (SSSR count). The topological polar surface area (TPSA) is 210 Å². The van der Waals surface area contributed by atoms with Gasteiger partial charge in [-0.15, -0.1) is 11.8 Å². The fourth-order valence-electron chi connectivity index (χ4n) is 2.46. The molecule has 0 aliphatic heterocycles. The summed E-state index contributed by atoms with van der Waals surface area (Å²) < 4.78 is 0. The van der Waals surface area contributed by atoms with E-state index in [1.54, 1.807) is 0 Å². The van der Waals surface area contributed by atoms with Crippen molar-refractivity contribution in [3.63, 3.8) is 0 Å². The molecule has 0 saturated carbocycles. The summed E-state index contributed by atoms with van der Waals surface area (Å²) >= 11 is 0.978. The summed E-state index contributed by atoms with van der Waals surface area (Å²) in [5.74, 6) is -1.66. The first kappa shape index (κ1) is 26.7. The molecule has 2 aromatic rings. The molecule has 4 N–H and O–H groups in total. The number of hydrogen-bond donors (Lipinski definition) is 4. The van der Waals surface area contributed by atoms with Crippen molar-refractivity contribution in [2.75, 3.05) is 0 Å². The van der Waals surface area contributed by atoms with Gasteiger partial charge >= 0.3 is 0 Å². The zero-order chi connectivity index (χ0) is 26.1. The van der Waals surface area contributed by atoms with Crippen LogP contribution in [0.3, 0.4) is 0 Å². The maximum absolute atomic E-state index is 12.2. The molecular weight excluding hydrogens is 484 g/mol. The quantitative estimate of drug-likeness (QED) is 0.211. The van der Waals surface area contributed by atoms with E-state index in [0.717, 1.165) is 60.6 Å². The van der Waals surface area contributed by atoms with Gasteiger partial charge < -0.3 is 10.2 Å². The first-order valence-corrected chi connectivity index (χ1v) is 10.7. The molecule has 0 aliphatic carbocycles. The van der Waals surface area contributed by atoms with Gasteiger partial charge in [0.2, 0.25) is 0 Å². The van der Waals surface area contributed by atoms with Crippen molar-refractivity contribution in [2.45, 2.75) is 24.3 Å². The molecule has 184 valence electrons. The number of amides is 2. The number of hydrazone groups is 2. The molecule has 0 bridgehead atoms. The van der Waals surface area contributed by atoms with Crippen molar-refractivity contribution in [3.05, 3.63) is 67.8 Å². The highest BCUT2D eigenvalue weighted by atomic mass is 32.2. The Balaban J connectivity index is 1.89. The molecule has 35 heavy (non-hydrogen) atoms. The predicted octanol–water partition coefficient (Wildman–Crippen LogP) is 2.02. The number of thioether (sulfide) groups is 1. The van der Waals surface area contributed by atoms with Crippen LogP contribution in [0, 0.1) is 20.2 Å². The molecule has 2 unspecified atom stereocenters. The zero-order valence-corrected chi connectivity index (χ0v) is 19.1. The molecular formula is C20H20N6O8S. The molecule has 14 nitrogen and oxygen atoms in total. The van der Waals surface area contributed by atoms with Gasteiger partial charge in [0.1, 0.15) is 11.5 Å². The van der Waals surface area contributed by atoms with Crippen LogP contribution < -0.4 is 10.9 Å². The van der Waals surface area contributed by atoms with Gasteiger partial charge in [-0.25, -0.2) is 10.9 Å². The summed E-state index contributed by atoms with van der Waals surface area (Å²) in [5, 5.41) is 47.0. The number of non-ortho nitro benzene ring substituents is 2. The molecule has 2 atom stereocenters. The van der Waals surface area contributed by atoms with Crippen LogP contribution in [-0.2, 0) is 9.59 Å². The Hall–Kier alpha value is -4.53. The standard InChI is InChI=1S/C20H20N6O8S/c1-11(19(29)23-21-9-13-7-15(25(31)32)3-5-17(13)27)35-12(2)20(30)24-22-10-14-8-16(26(33)34)4-6-18(14)28/h3-12,27-28H,1-2H3,(H,23,29)(H,24,30). The number of nitrogens with one attached hydrogen (secondary N) is 2. The van der Waals surface area contributed by atoms with Crippen molar-refractivity contribution in [1.82, 2.24) is 10.9 Å². The minimum atomic E-state index is -0.739. The van der Waals surface area contributed by atoms with E-state index in [0.29, 0.717) is 0 Å². The van der Waals surface area contributed by atoms with Crippen LogP contribution in [0.25, 0.3) is 0 Å². The lowest BCUT2D eigenvalue weighted by molar-refractivity contribution is -0.385. The van der Waals surface area contributed by atoms with Crippen molar-refractivity contribution in [2.24, 2.45) is 10.2 Å². The Bertz CT molecular complexity index is 1110. The normalized spacial score (nSPS) is 12.9. The van der Waals surface area contributed by atoms with E-state index in [4.69, 9.17) is 0 Å². The summed E-state index contributed by atoms with van der Waals surface area (Å²) in [4.78, 5) is 44.8. The van der Waals surface area contributed by atoms with E-state index in [1.165, 1.54) is 13.8 Å². The minimum absolute atomic E-state index is 0.0280. The van der Waals surface area contributed by atoms with Crippen LogP contribution in [-0.4, -0.2) is 54.8 Å². The second-order valence-electron chi connectivity index (χ2n) is 6.89. The van der Waals surface area contributed by atoms with Gasteiger partial charge in [-0.3, -0.25) is 29.8 Å². The molecule has 0 aromatic heterocycles. The van der Waals surface area contributed by atoms with Crippen LogP contribution in [0.4, 0.5) is 11.4 Å².